The molecule has 2 N–H and O–H groups in total. The van der Waals surface area contributed by atoms with E-state index in [4.69, 9.17) is 10.5 Å². The Bertz CT molecular complexity index is 446. The number of rotatable bonds is 3. The molecule has 0 amide bonds. The number of nitrogens with two attached hydrogens (primary N) is 1. The van der Waals surface area contributed by atoms with Crippen molar-refractivity contribution in [2.75, 3.05) is 7.11 Å². The van der Waals surface area contributed by atoms with Crippen molar-refractivity contribution in [3.8, 4) is 5.75 Å². The summed E-state index contributed by atoms with van der Waals surface area (Å²) in [5.41, 5.74) is 8.19. The van der Waals surface area contributed by atoms with Crippen LogP contribution in [0.2, 0.25) is 0 Å². The first kappa shape index (κ1) is 14.9. The lowest BCUT2D eigenvalue weighted by Gasteiger charge is -2.41. The molecular formula is C16H24BrNO. The third-order valence-corrected chi connectivity index (χ3v) is 4.88. The summed E-state index contributed by atoms with van der Waals surface area (Å²) in [6, 6.07) is 6.15. The Balaban J connectivity index is 2.15. The summed E-state index contributed by atoms with van der Waals surface area (Å²) >= 11 is 3.53. The summed E-state index contributed by atoms with van der Waals surface area (Å²) in [7, 11) is 1.72. The molecular weight excluding hydrogens is 302 g/mol. The van der Waals surface area contributed by atoms with Crippen molar-refractivity contribution in [2.45, 2.75) is 51.5 Å². The third kappa shape index (κ3) is 3.73. The number of ether oxygens (including phenoxy) is 1. The largest absolute Gasteiger partial charge is 0.496 e. The summed E-state index contributed by atoms with van der Waals surface area (Å²) in [6.07, 6.45) is 5.50. The highest BCUT2D eigenvalue weighted by molar-refractivity contribution is 9.10. The fourth-order valence-electron chi connectivity index (χ4n) is 2.87. The van der Waals surface area contributed by atoms with Gasteiger partial charge < -0.3 is 10.5 Å². The summed E-state index contributed by atoms with van der Waals surface area (Å²) in [4.78, 5) is 0. The molecule has 0 aliphatic heterocycles. The molecule has 1 saturated carbocycles. The normalized spacial score (nSPS) is 21.1. The minimum absolute atomic E-state index is 0.0798. The molecule has 106 valence electrons. The number of hydrogen-bond donors (Lipinski definition) is 1. The number of benzene rings is 1. The van der Waals surface area contributed by atoms with E-state index in [2.05, 4.69) is 35.8 Å². The molecule has 1 aliphatic carbocycles. The number of halogens is 1. The molecule has 0 saturated heterocycles. The molecule has 19 heavy (non-hydrogen) atoms. The molecule has 2 rings (SSSR count). The van der Waals surface area contributed by atoms with E-state index in [0.717, 1.165) is 29.5 Å². The lowest BCUT2D eigenvalue weighted by molar-refractivity contribution is 0.164. The van der Waals surface area contributed by atoms with Crippen molar-refractivity contribution < 1.29 is 4.74 Å². The van der Waals surface area contributed by atoms with Gasteiger partial charge in [0.25, 0.3) is 0 Å². The van der Waals surface area contributed by atoms with Gasteiger partial charge in [0.1, 0.15) is 5.75 Å². The molecule has 0 radical (unpaired) electrons. The van der Waals surface area contributed by atoms with Crippen LogP contribution in [0.15, 0.2) is 22.7 Å². The fourth-order valence-corrected chi connectivity index (χ4v) is 3.27. The average Bonchev–Trinajstić information content (AvgIpc) is 2.34. The zero-order valence-electron chi connectivity index (χ0n) is 12.1. The van der Waals surface area contributed by atoms with Crippen LogP contribution in [-0.4, -0.2) is 12.6 Å². The van der Waals surface area contributed by atoms with Gasteiger partial charge in [0.15, 0.2) is 0 Å². The van der Waals surface area contributed by atoms with Crippen LogP contribution in [0.5, 0.6) is 5.75 Å². The standard InChI is InChI=1S/C16H24BrNO/c1-15(2)6-8-16(18,9-7-15)11-12-10-13(17)4-5-14(12)19-3/h4-5,10H,6-9,11,18H2,1-3H3. The van der Waals surface area contributed by atoms with Gasteiger partial charge in [-0.05, 0) is 61.3 Å². The summed E-state index contributed by atoms with van der Waals surface area (Å²) in [5, 5.41) is 0. The highest BCUT2D eigenvalue weighted by atomic mass is 79.9. The zero-order chi connectivity index (χ0) is 14.1. The molecule has 0 heterocycles. The van der Waals surface area contributed by atoms with E-state index in [1.807, 2.05) is 12.1 Å². The van der Waals surface area contributed by atoms with Crippen molar-refractivity contribution in [3.05, 3.63) is 28.2 Å². The second-order valence-electron chi connectivity index (χ2n) is 6.66. The summed E-state index contributed by atoms with van der Waals surface area (Å²) < 4.78 is 6.54. The van der Waals surface area contributed by atoms with Crippen molar-refractivity contribution in [1.82, 2.24) is 0 Å². The lowest BCUT2D eigenvalue weighted by Crippen LogP contribution is -2.46. The molecule has 3 heteroatoms. The molecule has 1 aromatic rings. The van der Waals surface area contributed by atoms with Gasteiger partial charge >= 0.3 is 0 Å². The van der Waals surface area contributed by atoms with Crippen LogP contribution in [-0.2, 0) is 6.42 Å². The van der Waals surface area contributed by atoms with Gasteiger partial charge in [-0.2, -0.15) is 0 Å². The van der Waals surface area contributed by atoms with Gasteiger partial charge in [-0.25, -0.2) is 0 Å². The van der Waals surface area contributed by atoms with Crippen molar-refractivity contribution >= 4 is 15.9 Å². The van der Waals surface area contributed by atoms with Gasteiger partial charge in [-0.1, -0.05) is 29.8 Å². The minimum Gasteiger partial charge on any atom is -0.496 e. The zero-order valence-corrected chi connectivity index (χ0v) is 13.7. The Morgan fingerprint density at radius 2 is 1.84 bits per heavy atom. The lowest BCUT2D eigenvalue weighted by atomic mass is 9.68. The van der Waals surface area contributed by atoms with Crippen LogP contribution in [0, 0.1) is 5.41 Å². The molecule has 0 atom stereocenters. The van der Waals surface area contributed by atoms with Gasteiger partial charge in [-0.15, -0.1) is 0 Å². The Morgan fingerprint density at radius 3 is 2.42 bits per heavy atom. The highest BCUT2D eigenvalue weighted by Gasteiger charge is 2.35. The quantitative estimate of drug-likeness (QED) is 0.899. The van der Waals surface area contributed by atoms with Gasteiger partial charge in [0.2, 0.25) is 0 Å². The van der Waals surface area contributed by atoms with Gasteiger partial charge in [-0.3, -0.25) is 0 Å². The Morgan fingerprint density at radius 1 is 1.21 bits per heavy atom. The van der Waals surface area contributed by atoms with Crippen molar-refractivity contribution in [1.29, 1.82) is 0 Å². The first-order chi connectivity index (χ1) is 8.84. The Labute approximate surface area is 124 Å². The second kappa shape index (κ2) is 5.45. The molecule has 1 fully saturated rings. The van der Waals surface area contributed by atoms with E-state index in [9.17, 15) is 0 Å². The van der Waals surface area contributed by atoms with Crippen LogP contribution in [0.1, 0.15) is 45.1 Å². The van der Waals surface area contributed by atoms with Crippen LogP contribution < -0.4 is 10.5 Å². The summed E-state index contributed by atoms with van der Waals surface area (Å²) in [6.45, 7) is 4.68. The number of methoxy groups -OCH3 is 1. The third-order valence-electron chi connectivity index (χ3n) is 4.38. The fraction of sp³-hybridized carbons (Fsp3) is 0.625. The van der Waals surface area contributed by atoms with E-state index in [1.54, 1.807) is 7.11 Å². The first-order valence-electron chi connectivity index (χ1n) is 6.95. The molecule has 0 bridgehead atoms. The highest BCUT2D eigenvalue weighted by Crippen LogP contribution is 2.41. The van der Waals surface area contributed by atoms with Gasteiger partial charge in [0, 0.05) is 10.0 Å². The molecule has 2 nitrogen and oxygen atoms in total. The van der Waals surface area contributed by atoms with Crippen LogP contribution in [0.25, 0.3) is 0 Å². The molecule has 1 aromatic carbocycles. The first-order valence-corrected chi connectivity index (χ1v) is 7.74. The Hall–Kier alpha value is -0.540. The molecule has 0 unspecified atom stereocenters. The van der Waals surface area contributed by atoms with E-state index < -0.39 is 0 Å². The maximum absolute atomic E-state index is 6.62. The van der Waals surface area contributed by atoms with Crippen molar-refractivity contribution in [3.63, 3.8) is 0 Å². The SMILES string of the molecule is COc1ccc(Br)cc1CC1(N)CCC(C)(C)CC1. The smallest absolute Gasteiger partial charge is 0.122 e. The second-order valence-corrected chi connectivity index (χ2v) is 7.58. The van der Waals surface area contributed by atoms with Crippen molar-refractivity contribution in [2.24, 2.45) is 11.1 Å². The van der Waals surface area contributed by atoms with Crippen LogP contribution >= 0.6 is 15.9 Å². The maximum Gasteiger partial charge on any atom is 0.122 e. The van der Waals surface area contributed by atoms with E-state index >= 15 is 0 Å². The molecule has 0 spiro atoms. The monoisotopic (exact) mass is 325 g/mol. The summed E-state index contributed by atoms with van der Waals surface area (Å²) in [5.74, 6) is 0.942. The predicted molar refractivity (Wildman–Crippen MR) is 83.6 cm³/mol. The maximum atomic E-state index is 6.62. The van der Waals surface area contributed by atoms with Crippen LogP contribution in [0.3, 0.4) is 0 Å². The van der Waals surface area contributed by atoms with E-state index in [0.29, 0.717) is 5.41 Å². The minimum atomic E-state index is -0.0798. The molecule has 1 aliphatic rings. The number of hydrogen-bond acceptors (Lipinski definition) is 2. The average molecular weight is 326 g/mol. The van der Waals surface area contributed by atoms with Crippen LogP contribution in [0.4, 0.5) is 0 Å². The Kier molecular flexibility index (Phi) is 4.26. The van der Waals surface area contributed by atoms with Gasteiger partial charge in [0.05, 0.1) is 7.11 Å². The van der Waals surface area contributed by atoms with E-state index in [-0.39, 0.29) is 5.54 Å². The predicted octanol–water partition coefficient (Wildman–Crippen LogP) is 4.30. The topological polar surface area (TPSA) is 35.2 Å². The molecule has 0 aromatic heterocycles. The van der Waals surface area contributed by atoms with E-state index in [1.165, 1.54) is 18.4 Å².